The summed E-state index contributed by atoms with van der Waals surface area (Å²) in [6, 6.07) is 12.2. The zero-order valence-corrected chi connectivity index (χ0v) is 20.1. The number of hydrogen-bond donors (Lipinski definition) is 2. The minimum Gasteiger partial charge on any atom is -0.356 e. The smallest absolute Gasteiger partial charge is 0.216 e. The fraction of sp³-hybridized carbons (Fsp3) is 0.360. The van der Waals surface area contributed by atoms with Gasteiger partial charge in [0.05, 0.1) is 4.47 Å². The van der Waals surface area contributed by atoms with Crippen molar-refractivity contribution in [3.8, 4) is 11.3 Å². The van der Waals surface area contributed by atoms with Crippen LogP contribution in [-0.2, 0) is 11.2 Å². The normalized spacial score (nSPS) is 20.6. The van der Waals surface area contributed by atoms with Crippen molar-refractivity contribution < 1.29 is 18.1 Å². The van der Waals surface area contributed by atoms with Crippen molar-refractivity contribution in [2.75, 3.05) is 13.1 Å². The lowest BCUT2D eigenvalue weighted by atomic mass is 9.77. The Morgan fingerprint density at radius 3 is 2.76 bits per heavy atom. The molecule has 1 aliphatic heterocycles. The number of nitrogens with one attached hydrogen (secondary N) is 2. The second-order valence-corrected chi connectivity index (χ2v) is 9.33. The molecule has 2 aromatic carbocycles. The Labute approximate surface area is 200 Å². The third kappa shape index (κ3) is 5.17. The maximum Gasteiger partial charge on any atom is 0.216 e. The first-order valence-corrected chi connectivity index (χ1v) is 11.8. The van der Waals surface area contributed by atoms with Crippen LogP contribution in [0.15, 0.2) is 51.5 Å². The van der Waals surface area contributed by atoms with Crippen molar-refractivity contribution in [3.63, 3.8) is 0 Å². The van der Waals surface area contributed by atoms with Crippen LogP contribution in [0.4, 0.5) is 8.78 Å². The van der Waals surface area contributed by atoms with Gasteiger partial charge in [-0.2, -0.15) is 0 Å². The van der Waals surface area contributed by atoms with E-state index in [1.54, 1.807) is 6.07 Å². The van der Waals surface area contributed by atoms with Gasteiger partial charge in [-0.25, -0.2) is 8.78 Å². The van der Waals surface area contributed by atoms with E-state index in [0.717, 1.165) is 33.3 Å². The Bertz CT molecular complexity index is 1150. The van der Waals surface area contributed by atoms with Gasteiger partial charge in [-0.1, -0.05) is 35.5 Å². The average Bonchev–Trinajstić information content (AvgIpc) is 3.16. The molecule has 3 atom stereocenters. The van der Waals surface area contributed by atoms with E-state index < -0.39 is 11.6 Å². The molecule has 0 aliphatic carbocycles. The van der Waals surface area contributed by atoms with Crippen LogP contribution in [0.25, 0.3) is 11.3 Å². The molecule has 4 rings (SSSR count). The number of benzene rings is 2. The summed E-state index contributed by atoms with van der Waals surface area (Å²) in [7, 11) is 0. The molecule has 1 saturated heterocycles. The van der Waals surface area contributed by atoms with Gasteiger partial charge >= 0.3 is 0 Å². The van der Waals surface area contributed by atoms with Crippen LogP contribution in [0.2, 0.25) is 0 Å². The van der Waals surface area contributed by atoms with E-state index in [4.69, 9.17) is 4.52 Å². The molecule has 33 heavy (non-hydrogen) atoms. The lowest BCUT2D eigenvalue weighted by Gasteiger charge is -2.35. The van der Waals surface area contributed by atoms with Crippen molar-refractivity contribution in [2.24, 2.45) is 0 Å². The molecule has 2 heterocycles. The molecule has 174 valence electrons. The molecule has 3 unspecified atom stereocenters. The molecule has 2 N–H and O–H groups in total. The van der Waals surface area contributed by atoms with E-state index in [1.165, 1.54) is 19.1 Å². The molecule has 8 heteroatoms. The van der Waals surface area contributed by atoms with Crippen molar-refractivity contribution in [2.45, 2.75) is 44.6 Å². The Morgan fingerprint density at radius 2 is 2.00 bits per heavy atom. The highest BCUT2D eigenvalue weighted by atomic mass is 79.9. The number of nitrogens with zero attached hydrogens (tertiary/aromatic N) is 1. The van der Waals surface area contributed by atoms with Crippen molar-refractivity contribution in [3.05, 3.63) is 75.4 Å². The summed E-state index contributed by atoms with van der Waals surface area (Å²) in [6.45, 7) is 4.73. The Kier molecular flexibility index (Phi) is 7.24. The molecular formula is C25H26BrF2N3O2. The van der Waals surface area contributed by atoms with Gasteiger partial charge in [0.25, 0.3) is 0 Å². The topological polar surface area (TPSA) is 67.2 Å². The highest BCUT2D eigenvalue weighted by molar-refractivity contribution is 9.10. The van der Waals surface area contributed by atoms with Gasteiger partial charge in [0.15, 0.2) is 17.4 Å². The number of rotatable bonds is 6. The monoisotopic (exact) mass is 517 g/mol. The number of hydrogen-bond acceptors (Lipinski definition) is 4. The average molecular weight is 518 g/mol. The maximum absolute atomic E-state index is 14.0. The number of aromatic nitrogens is 1. The first-order chi connectivity index (χ1) is 15.8. The van der Waals surface area contributed by atoms with Gasteiger partial charge in [0.1, 0.15) is 5.69 Å². The van der Waals surface area contributed by atoms with Gasteiger partial charge in [-0.3, -0.25) is 4.79 Å². The highest BCUT2D eigenvalue weighted by Gasteiger charge is 2.35. The zero-order valence-electron chi connectivity index (χ0n) is 18.5. The molecular weight excluding hydrogens is 492 g/mol. The van der Waals surface area contributed by atoms with Crippen LogP contribution >= 0.6 is 15.9 Å². The van der Waals surface area contributed by atoms with Crippen molar-refractivity contribution >= 4 is 21.8 Å². The summed E-state index contributed by atoms with van der Waals surface area (Å²) in [5, 5.41) is 10.7. The van der Waals surface area contributed by atoms with Gasteiger partial charge in [0.2, 0.25) is 5.91 Å². The van der Waals surface area contributed by atoms with Crippen LogP contribution in [0.3, 0.4) is 0 Å². The summed E-state index contributed by atoms with van der Waals surface area (Å²) < 4.78 is 34.1. The first kappa shape index (κ1) is 23.6. The summed E-state index contributed by atoms with van der Waals surface area (Å²) >= 11 is 3.70. The van der Waals surface area contributed by atoms with E-state index in [1.807, 2.05) is 24.3 Å². The molecule has 1 amide bonds. The van der Waals surface area contributed by atoms with Crippen LogP contribution in [0.5, 0.6) is 0 Å². The second-order valence-electron chi connectivity index (χ2n) is 8.53. The summed E-state index contributed by atoms with van der Waals surface area (Å²) in [6.07, 6.45) is 1.41. The zero-order chi connectivity index (χ0) is 23.5. The van der Waals surface area contributed by atoms with Crippen LogP contribution in [0, 0.1) is 11.6 Å². The molecule has 0 radical (unpaired) electrons. The number of carbonyl (C=O) groups is 1. The minimum atomic E-state index is -0.849. The van der Waals surface area contributed by atoms with E-state index in [9.17, 15) is 13.6 Å². The second kappa shape index (κ2) is 10.1. The third-order valence-electron chi connectivity index (χ3n) is 6.19. The predicted molar refractivity (Wildman–Crippen MR) is 126 cm³/mol. The van der Waals surface area contributed by atoms with E-state index in [0.29, 0.717) is 25.3 Å². The highest BCUT2D eigenvalue weighted by Crippen LogP contribution is 2.44. The van der Waals surface area contributed by atoms with Gasteiger partial charge in [-0.05, 0) is 64.9 Å². The number of piperidine rings is 1. The summed E-state index contributed by atoms with van der Waals surface area (Å²) in [5.74, 6) is -1.27. The minimum absolute atomic E-state index is 0.0411. The Morgan fingerprint density at radius 1 is 1.21 bits per heavy atom. The lowest BCUT2D eigenvalue weighted by Crippen LogP contribution is -2.40. The predicted octanol–water partition coefficient (Wildman–Crippen LogP) is 5.31. The van der Waals surface area contributed by atoms with Crippen molar-refractivity contribution in [1.29, 1.82) is 0 Å². The molecule has 0 bridgehead atoms. The molecule has 1 fully saturated rings. The standard InChI is InChI=1S/C25H26BrF2N3O2/c1-14-11-19(17-7-8-21(27)22(28)12-17)20(13-30-14)24-23(26)25(33-31-24)18-6-4-3-5-16(18)9-10-29-15(2)32/h3-8,12,14,19-20,30H,9-11,13H2,1-2H3,(H,29,32). The molecule has 1 aliphatic rings. The Balaban J connectivity index is 1.66. The van der Waals surface area contributed by atoms with E-state index >= 15 is 0 Å². The van der Waals surface area contributed by atoms with Gasteiger partial charge < -0.3 is 15.2 Å². The molecule has 5 nitrogen and oxygen atoms in total. The van der Waals surface area contributed by atoms with Crippen molar-refractivity contribution in [1.82, 2.24) is 15.8 Å². The van der Waals surface area contributed by atoms with Crippen LogP contribution in [-0.4, -0.2) is 30.2 Å². The fourth-order valence-corrected chi connectivity index (χ4v) is 5.17. The summed E-state index contributed by atoms with van der Waals surface area (Å²) in [5.41, 5.74) is 3.42. The van der Waals surface area contributed by atoms with Gasteiger partial charge in [0, 0.05) is 37.5 Å². The lowest BCUT2D eigenvalue weighted by molar-refractivity contribution is -0.118. The fourth-order valence-electron chi connectivity index (χ4n) is 4.52. The summed E-state index contributed by atoms with van der Waals surface area (Å²) in [4.78, 5) is 11.2. The molecule has 0 spiro atoms. The number of amides is 1. The van der Waals surface area contributed by atoms with E-state index in [2.05, 4.69) is 38.6 Å². The Hall–Kier alpha value is -2.58. The SMILES string of the molecule is CC(=O)NCCc1ccccc1-c1onc(C2CNC(C)CC2c2ccc(F)c(F)c2)c1Br. The quantitative estimate of drug-likeness (QED) is 0.464. The van der Waals surface area contributed by atoms with E-state index in [-0.39, 0.29) is 23.8 Å². The largest absolute Gasteiger partial charge is 0.356 e. The molecule has 1 aromatic heterocycles. The van der Waals surface area contributed by atoms with Crippen LogP contribution < -0.4 is 10.6 Å². The molecule has 3 aromatic rings. The number of carbonyl (C=O) groups excluding carboxylic acids is 1. The maximum atomic E-state index is 14.0. The molecule has 0 saturated carbocycles. The van der Waals surface area contributed by atoms with Crippen LogP contribution in [0.1, 0.15) is 48.9 Å². The first-order valence-electron chi connectivity index (χ1n) is 11.0. The number of halogens is 3. The van der Waals surface area contributed by atoms with Gasteiger partial charge in [-0.15, -0.1) is 0 Å². The third-order valence-corrected chi connectivity index (χ3v) is 6.96.